The van der Waals surface area contributed by atoms with Crippen LogP contribution in [0.2, 0.25) is 0 Å². The maximum Gasteiger partial charge on any atom is 0.207 e. The smallest absolute Gasteiger partial charge is 0.207 e. The topological polar surface area (TPSA) is 50.2 Å². The van der Waals surface area contributed by atoms with Crippen LogP contribution in [0.3, 0.4) is 0 Å². The molecule has 2 aromatic rings. The number of hydrogen-bond donors (Lipinski definition) is 1. The first kappa shape index (κ1) is 13.5. The molecule has 0 saturated carbocycles. The molecular weight excluding hydrogens is 255 g/mol. The summed E-state index contributed by atoms with van der Waals surface area (Å²) in [5, 5.41) is 0. The van der Waals surface area contributed by atoms with E-state index in [4.69, 9.17) is 0 Å². The average Bonchev–Trinajstić information content (AvgIpc) is 2.55. The van der Waals surface area contributed by atoms with E-state index in [1.807, 2.05) is 20.8 Å². The Morgan fingerprint density at radius 3 is 2.79 bits per heavy atom. The van der Waals surface area contributed by atoms with Gasteiger partial charge in [-0.3, -0.25) is 4.79 Å². The Labute approximate surface area is 108 Å². The molecule has 1 N–H and O–H groups in total. The molecule has 2 aromatic heterocycles. The van der Waals surface area contributed by atoms with Crippen molar-refractivity contribution >= 4 is 5.65 Å². The van der Waals surface area contributed by atoms with Gasteiger partial charge >= 0.3 is 0 Å². The third-order valence-corrected chi connectivity index (χ3v) is 1.46. The number of rotatable bonds is 0. The van der Waals surface area contributed by atoms with Gasteiger partial charge in [-0.15, -0.1) is 6.20 Å². The van der Waals surface area contributed by atoms with E-state index in [0.29, 0.717) is 5.65 Å². The van der Waals surface area contributed by atoms with Crippen LogP contribution >= 0.6 is 0 Å². The molecule has 0 aliphatic heterocycles. The molecule has 14 heavy (non-hydrogen) atoms. The minimum absolute atomic E-state index is 0. The van der Waals surface area contributed by atoms with Crippen molar-refractivity contribution in [1.82, 2.24) is 14.4 Å². The summed E-state index contributed by atoms with van der Waals surface area (Å²) in [6.07, 6.45) is 6.01. The summed E-state index contributed by atoms with van der Waals surface area (Å²) in [7, 11) is 0. The van der Waals surface area contributed by atoms with Gasteiger partial charge < -0.3 is 14.4 Å². The number of hydrogen-bond acceptors (Lipinski definition) is 2. The summed E-state index contributed by atoms with van der Waals surface area (Å²) < 4.78 is 1.65. The second-order valence-electron chi connectivity index (χ2n) is 2.37. The molecule has 0 fully saturated rings. The van der Waals surface area contributed by atoms with Gasteiger partial charge in [0.05, 0.1) is 0 Å². The number of aryl methyl sites for hydroxylation is 1. The van der Waals surface area contributed by atoms with Gasteiger partial charge in [-0.05, 0) is 6.92 Å². The van der Waals surface area contributed by atoms with E-state index >= 15 is 0 Å². The average molecular weight is 267 g/mol. The molecule has 0 atom stereocenters. The van der Waals surface area contributed by atoms with E-state index in [-0.39, 0.29) is 38.3 Å². The number of imidazole rings is 1. The van der Waals surface area contributed by atoms with Crippen molar-refractivity contribution in [3.63, 3.8) is 0 Å². The van der Waals surface area contributed by atoms with E-state index in [2.05, 4.69) is 16.2 Å². The number of aromatic amines is 1. The Kier molecular flexibility index (Phi) is 5.88. The number of nitrogens with one attached hydrogen (secondary N) is 1. The molecule has 1 radical (unpaired) electrons. The number of nitrogens with zero attached hydrogens (tertiary/aromatic N) is 2. The number of fused-ring (bicyclic) bond motifs is 1. The van der Waals surface area contributed by atoms with Crippen molar-refractivity contribution in [2.75, 3.05) is 0 Å². The molecule has 0 saturated heterocycles. The number of aromatic nitrogens is 3. The molecule has 2 rings (SSSR count). The van der Waals surface area contributed by atoms with Gasteiger partial charge in [-0.1, -0.05) is 20.0 Å². The predicted molar refractivity (Wildman–Crippen MR) is 50.7 cm³/mol. The molecule has 0 aliphatic carbocycles. The van der Waals surface area contributed by atoms with Gasteiger partial charge in [0.25, 0.3) is 0 Å². The molecular formula is C9H12N3OY-. The zero-order chi connectivity index (χ0) is 9.84. The first-order chi connectivity index (χ1) is 6.27. The third kappa shape index (κ3) is 2.75. The molecule has 2 heterocycles. The maximum absolute atomic E-state index is 11.1. The fourth-order valence-electron chi connectivity index (χ4n) is 1.01. The summed E-state index contributed by atoms with van der Waals surface area (Å²) in [6, 6.07) is 0. The molecule has 0 amide bonds. The minimum Gasteiger partial charge on any atom is -0.431 e. The fraction of sp³-hybridized carbons (Fsp3) is 0.333. The Morgan fingerprint density at radius 2 is 2.14 bits per heavy atom. The molecule has 0 aromatic carbocycles. The van der Waals surface area contributed by atoms with Crippen LogP contribution in [0, 0.1) is 13.1 Å². The van der Waals surface area contributed by atoms with Crippen molar-refractivity contribution in [3.05, 3.63) is 34.6 Å². The summed E-state index contributed by atoms with van der Waals surface area (Å²) >= 11 is 0. The van der Waals surface area contributed by atoms with Crippen LogP contribution in [0.1, 0.15) is 19.5 Å². The first-order valence-corrected chi connectivity index (χ1v) is 4.22. The zero-order valence-electron chi connectivity index (χ0n) is 8.53. The monoisotopic (exact) mass is 267 g/mol. The Hall–Kier alpha value is -0.476. The van der Waals surface area contributed by atoms with Crippen molar-refractivity contribution in [1.29, 1.82) is 0 Å². The maximum atomic E-state index is 11.1. The van der Waals surface area contributed by atoms with E-state index in [9.17, 15) is 4.79 Å². The van der Waals surface area contributed by atoms with Gasteiger partial charge in [0.2, 0.25) is 5.56 Å². The SMILES string of the molecule is CC.Cc1cn2c[c-]nc2c(=O)[nH]1.[Y]. The van der Waals surface area contributed by atoms with Crippen LogP contribution in [-0.4, -0.2) is 14.4 Å². The fourth-order valence-corrected chi connectivity index (χ4v) is 1.01. The van der Waals surface area contributed by atoms with Crippen LogP contribution in [-0.2, 0) is 32.7 Å². The molecule has 4 nitrogen and oxygen atoms in total. The quantitative estimate of drug-likeness (QED) is 0.728. The van der Waals surface area contributed by atoms with E-state index in [1.165, 1.54) is 0 Å². The molecule has 0 aliphatic rings. The summed E-state index contributed by atoms with van der Waals surface area (Å²) in [5.41, 5.74) is 1.02. The predicted octanol–water partition coefficient (Wildman–Crippen LogP) is 1.15. The van der Waals surface area contributed by atoms with Crippen molar-refractivity contribution < 1.29 is 32.7 Å². The summed E-state index contributed by atoms with van der Waals surface area (Å²) in [5.74, 6) is 0. The standard InChI is InChI=1S/C7H6N3O.C2H6.Y/c1-5-4-10-3-2-8-6(10)7(11)9-5;1-2;/h3-4H,1H3,(H,9,11);1-2H3;/q-1;;. The van der Waals surface area contributed by atoms with Gasteiger partial charge in [0.15, 0.2) is 0 Å². The molecule has 5 heteroatoms. The van der Waals surface area contributed by atoms with Crippen molar-refractivity contribution in [3.8, 4) is 0 Å². The van der Waals surface area contributed by atoms with E-state index in [1.54, 1.807) is 16.8 Å². The normalized spacial score (nSPS) is 8.79. The van der Waals surface area contributed by atoms with Crippen molar-refractivity contribution in [2.45, 2.75) is 20.8 Å². The molecule has 0 bridgehead atoms. The van der Waals surface area contributed by atoms with Crippen molar-refractivity contribution in [2.24, 2.45) is 0 Å². The largest absolute Gasteiger partial charge is 0.431 e. The first-order valence-electron chi connectivity index (χ1n) is 4.22. The van der Waals surface area contributed by atoms with Gasteiger partial charge in [0.1, 0.15) is 0 Å². The summed E-state index contributed by atoms with van der Waals surface area (Å²) in [6.45, 7) is 5.82. The van der Waals surface area contributed by atoms with E-state index in [0.717, 1.165) is 5.69 Å². The Bertz CT molecular complexity index is 446. The van der Waals surface area contributed by atoms with Crippen LogP contribution < -0.4 is 5.56 Å². The van der Waals surface area contributed by atoms with Crippen LogP contribution in [0.15, 0.2) is 17.2 Å². The molecule has 73 valence electrons. The van der Waals surface area contributed by atoms with Gasteiger partial charge in [-0.25, -0.2) is 0 Å². The Balaban J connectivity index is 0.000000531. The van der Waals surface area contributed by atoms with E-state index < -0.39 is 0 Å². The zero-order valence-corrected chi connectivity index (χ0v) is 11.4. The van der Waals surface area contributed by atoms with Crippen LogP contribution in [0.4, 0.5) is 0 Å². The minimum atomic E-state index is -0.175. The number of H-pyrrole nitrogens is 1. The molecule has 0 unspecified atom stereocenters. The van der Waals surface area contributed by atoms with Crippen LogP contribution in [0.25, 0.3) is 5.65 Å². The Morgan fingerprint density at radius 1 is 1.50 bits per heavy atom. The second-order valence-corrected chi connectivity index (χ2v) is 2.37. The third-order valence-electron chi connectivity index (χ3n) is 1.46. The van der Waals surface area contributed by atoms with Gasteiger partial charge in [-0.2, -0.15) is 0 Å². The molecule has 0 spiro atoms. The van der Waals surface area contributed by atoms with Gasteiger partial charge in [0, 0.05) is 50.2 Å². The summed E-state index contributed by atoms with van der Waals surface area (Å²) in [4.78, 5) is 17.5. The van der Waals surface area contributed by atoms with Crippen LogP contribution in [0.5, 0.6) is 0 Å². The second kappa shape index (κ2) is 6.09.